The molecule has 0 aliphatic carbocycles. The Morgan fingerprint density at radius 3 is 2.41 bits per heavy atom. The quantitative estimate of drug-likeness (QED) is 0.109. The van der Waals surface area contributed by atoms with Gasteiger partial charge in [-0.3, -0.25) is 9.78 Å². The van der Waals surface area contributed by atoms with Gasteiger partial charge in [0.15, 0.2) is 6.29 Å². The molecule has 6 nitrogen and oxygen atoms in total. The Hall–Kier alpha value is -4.34. The number of pyridine rings is 1. The number of ether oxygens (including phenoxy) is 3. The predicted octanol–water partition coefficient (Wildman–Crippen LogP) is 6.82. The first-order valence-electron chi connectivity index (χ1n) is 12.1. The van der Waals surface area contributed by atoms with E-state index < -0.39 is 0 Å². The summed E-state index contributed by atoms with van der Waals surface area (Å²) >= 11 is 2.15. The molecule has 1 heterocycles. The number of nitriles is 1. The van der Waals surface area contributed by atoms with E-state index in [0.717, 1.165) is 49.0 Å². The zero-order valence-corrected chi connectivity index (χ0v) is 23.7. The number of rotatable bonds is 10. The second kappa shape index (κ2) is 12.9. The predicted molar refractivity (Wildman–Crippen MR) is 158 cm³/mol. The van der Waals surface area contributed by atoms with Crippen molar-refractivity contribution in [1.29, 1.82) is 5.26 Å². The van der Waals surface area contributed by atoms with Crippen molar-refractivity contribution < 1.29 is 19.0 Å². The molecule has 0 N–H and O–H groups in total. The van der Waals surface area contributed by atoms with Gasteiger partial charge in [-0.15, -0.1) is 6.42 Å². The fourth-order valence-electron chi connectivity index (χ4n) is 4.14. The van der Waals surface area contributed by atoms with Gasteiger partial charge in [-0.2, -0.15) is 5.26 Å². The van der Waals surface area contributed by atoms with Crippen LogP contribution in [0.3, 0.4) is 0 Å². The van der Waals surface area contributed by atoms with Gasteiger partial charge < -0.3 is 14.2 Å². The minimum Gasteiger partial charge on any atom is -0.488 e. The Balaban J connectivity index is 1.55. The number of carbonyl (C=O) groups is 1. The molecule has 7 heteroatoms. The van der Waals surface area contributed by atoms with Crippen molar-refractivity contribution in [1.82, 2.24) is 4.98 Å². The van der Waals surface area contributed by atoms with Crippen LogP contribution in [0, 0.1) is 41.1 Å². The van der Waals surface area contributed by atoms with Gasteiger partial charge >= 0.3 is 0 Å². The molecule has 0 atom stereocenters. The van der Waals surface area contributed by atoms with Crippen LogP contribution in [0.25, 0.3) is 11.1 Å². The monoisotopic (exact) mass is 628 g/mol. The number of halogens is 1. The largest absolute Gasteiger partial charge is 0.488 e. The Kier molecular flexibility index (Phi) is 9.19. The van der Waals surface area contributed by atoms with E-state index in [1.54, 1.807) is 24.4 Å². The number of nitrogens with zero attached hydrogens (tertiary/aromatic N) is 2. The van der Waals surface area contributed by atoms with E-state index >= 15 is 0 Å². The zero-order valence-electron chi connectivity index (χ0n) is 21.5. The molecule has 0 unspecified atom stereocenters. The molecule has 4 rings (SSSR count). The fraction of sp³-hybridized carbons (Fsp3) is 0.156. The second-order valence-electron chi connectivity index (χ2n) is 8.72. The summed E-state index contributed by atoms with van der Waals surface area (Å²) in [5, 5.41) is 9.10. The Bertz CT molecular complexity index is 1600. The molecule has 0 radical (unpaired) electrons. The molecule has 1 aromatic heterocycles. The van der Waals surface area contributed by atoms with Crippen molar-refractivity contribution in [2.24, 2.45) is 0 Å². The Morgan fingerprint density at radius 1 is 0.923 bits per heavy atom. The Morgan fingerprint density at radius 2 is 1.67 bits per heavy atom. The van der Waals surface area contributed by atoms with E-state index in [-0.39, 0.29) is 13.2 Å². The van der Waals surface area contributed by atoms with Crippen LogP contribution in [0.15, 0.2) is 67.0 Å². The maximum Gasteiger partial charge on any atom is 0.153 e. The molecule has 4 aromatic rings. The molecule has 0 aliphatic heterocycles. The molecule has 3 aromatic carbocycles. The van der Waals surface area contributed by atoms with E-state index in [1.807, 2.05) is 31.2 Å². The SMILES string of the molecule is C#CCOc1cccc(-c2cccc(COc3cc(OCc4cncc(C#N)c4)c(C=O)cc3I)c2C)c1C. The molecule has 194 valence electrons. The third-order valence-electron chi connectivity index (χ3n) is 6.22. The topological polar surface area (TPSA) is 81.4 Å². The lowest BCUT2D eigenvalue weighted by atomic mass is 9.93. The fourth-order valence-corrected chi connectivity index (χ4v) is 4.78. The zero-order chi connectivity index (χ0) is 27.8. The highest BCUT2D eigenvalue weighted by Crippen LogP contribution is 2.35. The first-order chi connectivity index (χ1) is 18.9. The lowest BCUT2D eigenvalue weighted by Gasteiger charge is -2.17. The number of benzene rings is 3. The number of aldehydes is 1. The van der Waals surface area contributed by atoms with E-state index in [9.17, 15) is 4.79 Å². The highest BCUT2D eigenvalue weighted by molar-refractivity contribution is 14.1. The molecule has 0 amide bonds. The van der Waals surface area contributed by atoms with Gasteiger partial charge in [-0.1, -0.05) is 36.3 Å². The molecular weight excluding hydrogens is 603 g/mol. The van der Waals surface area contributed by atoms with Crippen molar-refractivity contribution in [3.63, 3.8) is 0 Å². The van der Waals surface area contributed by atoms with Crippen LogP contribution in [0.1, 0.15) is 38.2 Å². The standard InChI is InChI=1S/C32H25IN2O4/c1-4-11-37-30-10-6-9-28(22(30)3)27-8-5-7-25(21(27)2)20-39-32-14-31(26(18-36)13-29(32)33)38-19-24-12-23(15-34)16-35-17-24/h1,5-10,12-14,16-18H,11,19-20H2,2-3H3. The summed E-state index contributed by atoms with van der Waals surface area (Å²) in [4.78, 5) is 15.8. The number of carbonyl (C=O) groups excluding carboxylic acids is 1. The third-order valence-corrected chi connectivity index (χ3v) is 7.07. The van der Waals surface area contributed by atoms with Crippen molar-refractivity contribution in [2.75, 3.05) is 6.61 Å². The number of aromatic nitrogens is 1. The minimum absolute atomic E-state index is 0.161. The van der Waals surface area contributed by atoms with Gasteiger partial charge in [-0.25, -0.2) is 0 Å². The molecule has 0 saturated carbocycles. The van der Waals surface area contributed by atoms with Gasteiger partial charge in [0.2, 0.25) is 0 Å². The maximum absolute atomic E-state index is 11.7. The molecule has 0 aliphatic rings. The second-order valence-corrected chi connectivity index (χ2v) is 9.88. The molecule has 0 bridgehead atoms. The Labute approximate surface area is 241 Å². The van der Waals surface area contributed by atoms with Gasteiger partial charge in [0, 0.05) is 24.0 Å². The van der Waals surface area contributed by atoms with Crippen molar-refractivity contribution in [3.05, 3.63) is 104 Å². The highest BCUT2D eigenvalue weighted by Gasteiger charge is 2.14. The van der Waals surface area contributed by atoms with E-state index in [2.05, 4.69) is 58.6 Å². The van der Waals surface area contributed by atoms with E-state index in [1.165, 1.54) is 6.20 Å². The molecule has 0 fully saturated rings. The van der Waals surface area contributed by atoms with Gasteiger partial charge in [0.25, 0.3) is 0 Å². The summed E-state index contributed by atoms with van der Waals surface area (Å²) in [6.45, 7) is 4.80. The number of terminal acetylenes is 1. The highest BCUT2D eigenvalue weighted by atomic mass is 127. The summed E-state index contributed by atoms with van der Waals surface area (Å²) in [7, 11) is 0. The van der Waals surface area contributed by atoms with E-state index in [4.69, 9.17) is 25.9 Å². The van der Waals surface area contributed by atoms with Crippen LogP contribution in [-0.4, -0.2) is 17.9 Å². The van der Waals surface area contributed by atoms with Crippen LogP contribution in [0.4, 0.5) is 0 Å². The van der Waals surface area contributed by atoms with Crippen molar-refractivity contribution in [3.8, 4) is 46.8 Å². The van der Waals surface area contributed by atoms with Gasteiger partial charge in [0.1, 0.15) is 43.1 Å². The number of hydrogen-bond donors (Lipinski definition) is 0. The summed E-state index contributed by atoms with van der Waals surface area (Å²) in [5.74, 6) is 4.27. The van der Waals surface area contributed by atoms with E-state index in [0.29, 0.717) is 29.2 Å². The summed E-state index contributed by atoms with van der Waals surface area (Å²) in [6.07, 6.45) is 9.23. The summed E-state index contributed by atoms with van der Waals surface area (Å²) < 4.78 is 18.7. The smallest absolute Gasteiger partial charge is 0.153 e. The van der Waals surface area contributed by atoms with Crippen LogP contribution in [-0.2, 0) is 13.2 Å². The van der Waals surface area contributed by atoms with Gasteiger partial charge in [0.05, 0.1) is 14.7 Å². The molecule has 39 heavy (non-hydrogen) atoms. The lowest BCUT2D eigenvalue weighted by Crippen LogP contribution is -2.04. The van der Waals surface area contributed by atoms with Crippen molar-refractivity contribution in [2.45, 2.75) is 27.1 Å². The van der Waals surface area contributed by atoms with Crippen molar-refractivity contribution >= 4 is 28.9 Å². The molecule has 0 saturated heterocycles. The average molecular weight is 628 g/mol. The summed E-state index contributed by atoms with van der Waals surface area (Å²) in [6, 6.07) is 19.3. The lowest BCUT2D eigenvalue weighted by molar-refractivity contribution is 0.111. The van der Waals surface area contributed by atoms with Crippen LogP contribution in [0.5, 0.6) is 17.2 Å². The number of hydrogen-bond acceptors (Lipinski definition) is 6. The van der Waals surface area contributed by atoms with Crippen LogP contribution < -0.4 is 14.2 Å². The summed E-state index contributed by atoms with van der Waals surface area (Å²) in [5.41, 5.74) is 6.88. The normalized spacial score (nSPS) is 10.3. The van der Waals surface area contributed by atoms with Crippen LogP contribution >= 0.6 is 22.6 Å². The first kappa shape index (κ1) is 27.7. The molecule has 0 spiro atoms. The maximum atomic E-state index is 11.7. The first-order valence-corrected chi connectivity index (χ1v) is 13.2. The van der Waals surface area contributed by atoms with Crippen LogP contribution in [0.2, 0.25) is 0 Å². The third kappa shape index (κ3) is 6.57. The van der Waals surface area contributed by atoms with Gasteiger partial charge in [-0.05, 0) is 82.5 Å². The molecular formula is C32H25IN2O4. The average Bonchev–Trinajstić information content (AvgIpc) is 2.96. The minimum atomic E-state index is 0.161.